The lowest BCUT2D eigenvalue weighted by Crippen LogP contribution is -2.37. The Balaban J connectivity index is 3.71. The maximum atomic E-state index is 11.9. The molecule has 0 aromatic heterocycles. The number of nitrogens with zero attached hydrogens (tertiary/aromatic N) is 1. The van der Waals surface area contributed by atoms with Crippen LogP contribution in [0.3, 0.4) is 0 Å². The van der Waals surface area contributed by atoms with E-state index in [1.54, 1.807) is 0 Å². The third-order valence-corrected chi connectivity index (χ3v) is 6.24. The molecule has 0 heterocycles. The first-order valence-electron chi connectivity index (χ1n) is 13.6. The number of ether oxygens (including phenoxy) is 1. The van der Waals surface area contributed by atoms with Crippen molar-refractivity contribution in [3.8, 4) is 0 Å². The molecular weight excluding hydrogens is 493 g/mol. The number of hydrogen-bond donors (Lipinski definition) is 2. The number of quaternary nitrogens is 1. The monoisotopic (exact) mass is 546 g/mol. The number of phosphoric acid groups is 1. The highest BCUT2D eigenvalue weighted by Gasteiger charge is 2.25. The molecule has 8 nitrogen and oxygen atoms in total. The smallest absolute Gasteiger partial charge is 0.379 e. The van der Waals surface area contributed by atoms with E-state index in [4.69, 9.17) is 19.0 Å². The molecule has 37 heavy (non-hydrogen) atoms. The minimum absolute atomic E-state index is 0.0553. The lowest BCUT2D eigenvalue weighted by Gasteiger charge is -2.24. The van der Waals surface area contributed by atoms with Crippen molar-refractivity contribution in [2.75, 3.05) is 54.1 Å². The van der Waals surface area contributed by atoms with Crippen molar-refractivity contribution in [3.63, 3.8) is 0 Å². The summed E-state index contributed by atoms with van der Waals surface area (Å²) in [5.41, 5.74) is 0. The van der Waals surface area contributed by atoms with Crippen LogP contribution in [0.4, 0.5) is 0 Å². The molecule has 9 heteroatoms. The normalized spacial score (nSPS) is 15.5. The molecule has 0 radical (unpaired) electrons. The van der Waals surface area contributed by atoms with Crippen molar-refractivity contribution in [3.05, 3.63) is 48.6 Å². The minimum atomic E-state index is -4.20. The maximum absolute atomic E-state index is 11.9. The van der Waals surface area contributed by atoms with Gasteiger partial charge in [-0.25, -0.2) is 9.45 Å². The molecular formula is C28H53NO7P+. The van der Waals surface area contributed by atoms with Gasteiger partial charge < -0.3 is 14.1 Å². The largest absolute Gasteiger partial charge is 0.472 e. The first-order valence-corrected chi connectivity index (χ1v) is 15.1. The molecule has 0 rings (SSSR count). The summed E-state index contributed by atoms with van der Waals surface area (Å²) in [5.74, 6) is 0. The van der Waals surface area contributed by atoms with Crippen LogP contribution >= 0.6 is 7.82 Å². The molecule has 0 aliphatic rings. The zero-order chi connectivity index (χ0) is 27.7. The summed E-state index contributed by atoms with van der Waals surface area (Å²) in [6.45, 7) is 3.12. The van der Waals surface area contributed by atoms with Crippen molar-refractivity contribution in [2.24, 2.45) is 0 Å². The van der Waals surface area contributed by atoms with Crippen LogP contribution in [0.25, 0.3) is 0 Å². The second-order valence-electron chi connectivity index (χ2n) is 10.00. The Morgan fingerprint density at radius 2 is 1.30 bits per heavy atom. The SMILES string of the molecule is CCCCC/C=C\C/C=C\C/C=C\C/C=C\CCCCOCC(COP(=O)(O)OCC[N+](C)(C)C)OO. The topological polar surface area (TPSA) is 94.5 Å². The molecule has 216 valence electrons. The lowest BCUT2D eigenvalue weighted by molar-refractivity contribution is -0.870. The molecule has 2 unspecified atom stereocenters. The number of rotatable bonds is 25. The fourth-order valence-corrected chi connectivity index (χ4v) is 3.74. The van der Waals surface area contributed by atoms with Crippen LogP contribution in [0, 0.1) is 0 Å². The van der Waals surface area contributed by atoms with Gasteiger partial charge in [-0.3, -0.25) is 14.3 Å². The van der Waals surface area contributed by atoms with E-state index in [-0.39, 0.29) is 19.8 Å². The Kier molecular flexibility index (Phi) is 23.3. The van der Waals surface area contributed by atoms with E-state index in [0.29, 0.717) is 17.6 Å². The van der Waals surface area contributed by atoms with E-state index in [9.17, 15) is 9.46 Å². The highest BCUT2D eigenvalue weighted by Crippen LogP contribution is 2.43. The fourth-order valence-electron chi connectivity index (χ4n) is 3.00. The zero-order valence-corrected chi connectivity index (χ0v) is 24.5. The van der Waals surface area contributed by atoms with Gasteiger partial charge in [-0.2, -0.15) is 0 Å². The Morgan fingerprint density at radius 1 is 0.757 bits per heavy atom. The maximum Gasteiger partial charge on any atom is 0.472 e. The summed E-state index contributed by atoms with van der Waals surface area (Å²) in [6.07, 6.45) is 27.6. The molecule has 0 amide bonds. The van der Waals surface area contributed by atoms with Crippen LogP contribution < -0.4 is 0 Å². The highest BCUT2D eigenvalue weighted by molar-refractivity contribution is 7.47. The molecule has 2 N–H and O–H groups in total. The number of hydrogen-bond acceptors (Lipinski definition) is 6. The van der Waals surface area contributed by atoms with Crippen LogP contribution in [-0.2, 0) is 23.2 Å². The third-order valence-electron chi connectivity index (χ3n) is 5.26. The summed E-state index contributed by atoms with van der Waals surface area (Å²) in [6, 6.07) is 0. The van der Waals surface area contributed by atoms with Crippen LogP contribution in [0.2, 0.25) is 0 Å². The quantitative estimate of drug-likeness (QED) is 0.0323. The predicted molar refractivity (Wildman–Crippen MR) is 151 cm³/mol. The molecule has 0 aliphatic carbocycles. The summed E-state index contributed by atoms with van der Waals surface area (Å²) in [4.78, 5) is 14.0. The van der Waals surface area contributed by atoms with Gasteiger partial charge in [0.25, 0.3) is 0 Å². The van der Waals surface area contributed by atoms with Gasteiger partial charge in [0.05, 0.1) is 34.4 Å². The molecule has 0 spiro atoms. The molecule has 0 saturated heterocycles. The lowest BCUT2D eigenvalue weighted by atomic mass is 10.2. The molecule has 0 aliphatic heterocycles. The van der Waals surface area contributed by atoms with E-state index >= 15 is 0 Å². The molecule has 0 saturated carbocycles. The van der Waals surface area contributed by atoms with Crippen molar-refractivity contribution >= 4 is 7.82 Å². The first kappa shape index (κ1) is 35.9. The summed E-state index contributed by atoms with van der Waals surface area (Å²) in [7, 11) is 1.64. The van der Waals surface area contributed by atoms with Gasteiger partial charge in [0.15, 0.2) is 0 Å². The fraction of sp³-hybridized carbons (Fsp3) is 0.714. The van der Waals surface area contributed by atoms with E-state index in [2.05, 4.69) is 60.4 Å². The van der Waals surface area contributed by atoms with E-state index in [1.807, 2.05) is 21.1 Å². The Morgan fingerprint density at radius 3 is 1.81 bits per heavy atom. The number of unbranched alkanes of at least 4 members (excludes halogenated alkanes) is 5. The second-order valence-corrected chi connectivity index (χ2v) is 11.5. The molecule has 2 atom stereocenters. The van der Waals surface area contributed by atoms with Gasteiger partial charge in [0.1, 0.15) is 19.3 Å². The minimum Gasteiger partial charge on any atom is -0.379 e. The average molecular weight is 547 g/mol. The second kappa shape index (κ2) is 24.0. The number of allylic oxidation sites excluding steroid dienone is 8. The van der Waals surface area contributed by atoms with Gasteiger partial charge in [0, 0.05) is 6.61 Å². The van der Waals surface area contributed by atoms with Crippen LogP contribution in [0.1, 0.15) is 71.1 Å². The van der Waals surface area contributed by atoms with E-state index < -0.39 is 13.9 Å². The predicted octanol–water partition coefficient (Wildman–Crippen LogP) is 6.85. The Hall–Kier alpha value is -1.09. The number of phosphoric ester groups is 1. The van der Waals surface area contributed by atoms with Crippen LogP contribution in [0.15, 0.2) is 48.6 Å². The Labute approximate surface area is 225 Å². The molecule has 0 fully saturated rings. The van der Waals surface area contributed by atoms with Gasteiger partial charge in [-0.05, 0) is 51.4 Å². The van der Waals surface area contributed by atoms with Gasteiger partial charge in [0.2, 0.25) is 0 Å². The average Bonchev–Trinajstić information content (AvgIpc) is 2.83. The van der Waals surface area contributed by atoms with Crippen molar-refractivity contribution < 1.29 is 37.9 Å². The summed E-state index contributed by atoms with van der Waals surface area (Å²) in [5, 5.41) is 8.97. The van der Waals surface area contributed by atoms with E-state index in [0.717, 1.165) is 38.5 Å². The molecule has 0 aromatic carbocycles. The molecule has 0 aromatic rings. The summed E-state index contributed by atoms with van der Waals surface area (Å²) >= 11 is 0. The van der Waals surface area contributed by atoms with Gasteiger partial charge in [-0.15, -0.1) is 0 Å². The van der Waals surface area contributed by atoms with Crippen molar-refractivity contribution in [2.45, 2.75) is 77.2 Å². The highest BCUT2D eigenvalue weighted by atomic mass is 31.2. The van der Waals surface area contributed by atoms with Gasteiger partial charge >= 0.3 is 7.82 Å². The van der Waals surface area contributed by atoms with Crippen LogP contribution in [-0.4, -0.2) is 74.9 Å². The number of likely N-dealkylation sites (N-methyl/N-ethyl adjacent to an activating group) is 1. The van der Waals surface area contributed by atoms with E-state index in [1.165, 1.54) is 25.7 Å². The summed E-state index contributed by atoms with van der Waals surface area (Å²) < 4.78 is 27.8. The van der Waals surface area contributed by atoms with Crippen molar-refractivity contribution in [1.29, 1.82) is 0 Å². The zero-order valence-electron chi connectivity index (χ0n) is 23.6. The van der Waals surface area contributed by atoms with Crippen LogP contribution in [0.5, 0.6) is 0 Å². The molecule has 0 bridgehead atoms. The first-order chi connectivity index (χ1) is 17.7. The third kappa shape index (κ3) is 27.8. The standard InChI is InChI=1S/C28H52NO7P/c1-5-6-7-8-9-10-11-12-13-14-15-16-17-18-19-20-21-22-24-33-26-28(36-30)27-35-37(31,32)34-25-23-29(2,3)4/h9-10,12-13,15-16,18-19,28H,5-8,11,14,17,20-27H2,1-4H3,(H-,30,31,32)/p+1/b10-9-,13-12-,16-15-,19-18-. The van der Waals surface area contributed by atoms with Crippen molar-refractivity contribution in [1.82, 2.24) is 0 Å². The Bertz CT molecular complexity index is 687. The van der Waals surface area contributed by atoms with Gasteiger partial charge in [-0.1, -0.05) is 68.4 Å².